The monoisotopic (exact) mass is 387 g/mol. The Labute approximate surface area is 177 Å². The predicted molar refractivity (Wildman–Crippen MR) is 128 cm³/mol. The molecule has 0 aliphatic carbocycles. The van der Waals surface area contributed by atoms with Gasteiger partial charge in [-0.2, -0.15) is 0 Å². The van der Waals surface area contributed by atoms with Crippen molar-refractivity contribution in [3.8, 4) is 11.3 Å². The molecule has 1 heterocycles. The average molecular weight is 388 g/mol. The Morgan fingerprint density at radius 2 is 1.34 bits per heavy atom. The van der Waals surface area contributed by atoms with Gasteiger partial charge in [-0.3, -0.25) is 4.98 Å². The zero-order valence-electron chi connectivity index (χ0n) is 19.6. The molecule has 1 nitrogen and oxygen atoms in total. The lowest BCUT2D eigenvalue weighted by atomic mass is 9.79. The van der Waals surface area contributed by atoms with E-state index in [0.29, 0.717) is 5.92 Å². The molecule has 0 radical (unpaired) electrons. The minimum absolute atomic E-state index is 0.100. The highest BCUT2D eigenvalue weighted by molar-refractivity contribution is 5.95. The van der Waals surface area contributed by atoms with Crippen LogP contribution < -0.4 is 0 Å². The minimum Gasteiger partial charge on any atom is -0.256 e. The normalized spacial score (nSPS) is 12.7. The molecule has 0 unspecified atom stereocenters. The fourth-order valence-electron chi connectivity index (χ4n) is 4.07. The van der Waals surface area contributed by atoms with E-state index in [2.05, 4.69) is 97.9 Å². The molecule has 1 aromatic heterocycles. The van der Waals surface area contributed by atoms with Gasteiger partial charge < -0.3 is 0 Å². The van der Waals surface area contributed by atoms with Crippen molar-refractivity contribution >= 4 is 10.8 Å². The largest absolute Gasteiger partial charge is 0.256 e. The summed E-state index contributed by atoms with van der Waals surface area (Å²) in [6.07, 6.45) is 4.33. The van der Waals surface area contributed by atoms with Crippen LogP contribution in [0.5, 0.6) is 0 Å². The first-order valence-electron chi connectivity index (χ1n) is 11.1. The van der Waals surface area contributed by atoms with Crippen molar-refractivity contribution in [3.63, 3.8) is 0 Å². The quantitative estimate of drug-likeness (QED) is 0.438. The molecule has 0 fully saturated rings. The van der Waals surface area contributed by atoms with Gasteiger partial charge in [0.2, 0.25) is 0 Å². The number of aromatic nitrogens is 1. The van der Waals surface area contributed by atoms with Crippen LogP contribution in [0, 0.1) is 0 Å². The molecule has 0 spiro atoms. The second kappa shape index (κ2) is 7.94. The number of hydrogen-bond acceptors (Lipinski definition) is 1. The van der Waals surface area contributed by atoms with E-state index >= 15 is 0 Å². The zero-order valence-corrected chi connectivity index (χ0v) is 19.6. The van der Waals surface area contributed by atoms with Crippen LogP contribution >= 0.6 is 0 Å². The maximum absolute atomic E-state index is 4.84. The van der Waals surface area contributed by atoms with Crippen LogP contribution in [-0.2, 0) is 10.8 Å². The van der Waals surface area contributed by atoms with E-state index in [1.807, 2.05) is 6.20 Å². The Bertz CT molecular complexity index is 963. The molecule has 0 N–H and O–H groups in total. The number of nitrogens with zero attached hydrogens (tertiary/aromatic N) is 1. The van der Waals surface area contributed by atoms with Crippen LogP contribution in [0.4, 0.5) is 0 Å². The summed E-state index contributed by atoms with van der Waals surface area (Å²) in [5, 5.41) is 2.53. The van der Waals surface area contributed by atoms with Crippen molar-refractivity contribution in [2.75, 3.05) is 0 Å². The molecular weight excluding hydrogens is 350 g/mol. The molecule has 0 atom stereocenters. The standard InChI is InChI=1S/C28H37N/c1-9-19(10-2)20-11-12-25-21(15-20)13-14-29-26(25)22-16-23(27(3,4)5)18-24(17-22)28(6,7)8/h11-19H,9-10H2,1-8H3. The van der Waals surface area contributed by atoms with Crippen LogP contribution in [0.25, 0.3) is 22.0 Å². The summed E-state index contributed by atoms with van der Waals surface area (Å²) >= 11 is 0. The number of rotatable bonds is 4. The van der Waals surface area contributed by atoms with Crippen LogP contribution in [0.1, 0.15) is 90.8 Å². The first-order valence-corrected chi connectivity index (χ1v) is 11.1. The third kappa shape index (κ3) is 4.55. The number of hydrogen-bond donors (Lipinski definition) is 0. The first-order chi connectivity index (χ1) is 13.5. The summed E-state index contributed by atoms with van der Waals surface area (Å²) in [6, 6.07) is 16.2. The third-order valence-electron chi connectivity index (χ3n) is 6.18. The zero-order chi connectivity index (χ0) is 21.4. The third-order valence-corrected chi connectivity index (χ3v) is 6.18. The predicted octanol–water partition coefficient (Wildman–Crippen LogP) is 8.40. The van der Waals surface area contributed by atoms with Gasteiger partial charge in [0.05, 0.1) is 5.69 Å². The molecule has 3 aromatic rings. The van der Waals surface area contributed by atoms with Gasteiger partial charge in [-0.05, 0) is 69.9 Å². The Kier molecular flexibility index (Phi) is 5.90. The molecule has 29 heavy (non-hydrogen) atoms. The Morgan fingerprint density at radius 3 is 1.86 bits per heavy atom. The highest BCUT2D eigenvalue weighted by Crippen LogP contribution is 2.36. The Hall–Kier alpha value is -2.15. The SMILES string of the molecule is CCC(CC)c1ccc2c(-c3cc(C(C)(C)C)cc(C(C)(C)C)c3)nccc2c1. The fourth-order valence-corrected chi connectivity index (χ4v) is 4.07. The number of benzene rings is 2. The molecule has 2 aromatic carbocycles. The van der Waals surface area contributed by atoms with Crippen LogP contribution in [0.15, 0.2) is 48.7 Å². The van der Waals surface area contributed by atoms with Gasteiger partial charge >= 0.3 is 0 Å². The van der Waals surface area contributed by atoms with Gasteiger partial charge in [-0.25, -0.2) is 0 Å². The van der Waals surface area contributed by atoms with Crippen molar-refractivity contribution in [1.29, 1.82) is 0 Å². The molecule has 0 saturated heterocycles. The van der Waals surface area contributed by atoms with Crippen LogP contribution in [-0.4, -0.2) is 4.98 Å². The topological polar surface area (TPSA) is 12.9 Å². The van der Waals surface area contributed by atoms with E-state index < -0.39 is 0 Å². The summed E-state index contributed by atoms with van der Waals surface area (Å²) in [7, 11) is 0. The summed E-state index contributed by atoms with van der Waals surface area (Å²) < 4.78 is 0. The van der Waals surface area contributed by atoms with Gasteiger partial charge in [0.1, 0.15) is 0 Å². The van der Waals surface area contributed by atoms with Gasteiger partial charge in [0, 0.05) is 17.1 Å². The lowest BCUT2D eigenvalue weighted by Gasteiger charge is -2.26. The van der Waals surface area contributed by atoms with Gasteiger partial charge in [-0.1, -0.05) is 79.7 Å². The van der Waals surface area contributed by atoms with E-state index in [-0.39, 0.29) is 10.8 Å². The van der Waals surface area contributed by atoms with Crippen molar-refractivity contribution in [2.24, 2.45) is 0 Å². The Balaban J connectivity index is 2.22. The number of pyridine rings is 1. The minimum atomic E-state index is 0.100. The maximum Gasteiger partial charge on any atom is 0.0780 e. The van der Waals surface area contributed by atoms with E-state index in [9.17, 15) is 0 Å². The molecule has 154 valence electrons. The Morgan fingerprint density at radius 1 is 0.759 bits per heavy atom. The highest BCUT2D eigenvalue weighted by atomic mass is 14.7. The molecule has 0 saturated carbocycles. The van der Waals surface area contributed by atoms with E-state index in [0.717, 1.165) is 5.69 Å². The maximum atomic E-state index is 4.84. The molecule has 3 rings (SSSR count). The lowest BCUT2D eigenvalue weighted by Crippen LogP contribution is -2.16. The summed E-state index contributed by atoms with van der Waals surface area (Å²) in [6.45, 7) is 18.3. The second-order valence-electron chi connectivity index (χ2n) is 10.5. The van der Waals surface area contributed by atoms with Gasteiger partial charge in [0.15, 0.2) is 0 Å². The van der Waals surface area contributed by atoms with E-state index in [1.54, 1.807) is 0 Å². The summed E-state index contributed by atoms with van der Waals surface area (Å²) in [5.41, 5.74) is 6.70. The molecule has 0 aliphatic rings. The van der Waals surface area contributed by atoms with E-state index in [4.69, 9.17) is 4.98 Å². The van der Waals surface area contributed by atoms with Gasteiger partial charge in [-0.15, -0.1) is 0 Å². The molecule has 0 aliphatic heterocycles. The highest BCUT2D eigenvalue weighted by Gasteiger charge is 2.22. The molecule has 1 heteroatoms. The van der Waals surface area contributed by atoms with Crippen molar-refractivity contribution in [2.45, 2.75) is 85.0 Å². The van der Waals surface area contributed by atoms with E-state index in [1.165, 1.54) is 45.9 Å². The lowest BCUT2D eigenvalue weighted by molar-refractivity contribution is 0.569. The second-order valence-corrected chi connectivity index (χ2v) is 10.5. The van der Waals surface area contributed by atoms with Crippen molar-refractivity contribution < 1.29 is 0 Å². The molecular formula is C28H37N. The molecule has 0 amide bonds. The van der Waals surface area contributed by atoms with Crippen molar-refractivity contribution in [3.05, 3.63) is 65.4 Å². The fraction of sp³-hybridized carbons (Fsp3) is 0.464. The molecule has 0 bridgehead atoms. The average Bonchev–Trinajstić information content (AvgIpc) is 2.66. The van der Waals surface area contributed by atoms with Gasteiger partial charge in [0.25, 0.3) is 0 Å². The smallest absolute Gasteiger partial charge is 0.0780 e. The van der Waals surface area contributed by atoms with Crippen molar-refractivity contribution in [1.82, 2.24) is 4.98 Å². The first kappa shape index (κ1) is 21.6. The number of fused-ring (bicyclic) bond motifs is 1. The summed E-state index contributed by atoms with van der Waals surface area (Å²) in [4.78, 5) is 4.84. The van der Waals surface area contributed by atoms with Crippen LogP contribution in [0.3, 0.4) is 0 Å². The van der Waals surface area contributed by atoms with Crippen LogP contribution in [0.2, 0.25) is 0 Å². The summed E-state index contributed by atoms with van der Waals surface area (Å²) in [5.74, 6) is 0.632.